The fraction of sp³-hybridized carbons (Fsp3) is 0.333. The Morgan fingerprint density at radius 3 is 2.59 bits per heavy atom. The Morgan fingerprint density at radius 2 is 1.94 bits per heavy atom. The van der Waals surface area contributed by atoms with Gasteiger partial charge < -0.3 is 10.3 Å². The molecule has 0 aliphatic carbocycles. The molecule has 92 valence electrons. The number of aromatic nitrogens is 1. The van der Waals surface area contributed by atoms with Crippen LogP contribution in [-0.2, 0) is 13.0 Å². The van der Waals surface area contributed by atoms with Crippen LogP contribution in [0.5, 0.6) is 0 Å². The number of benzene rings is 1. The molecule has 0 saturated carbocycles. The van der Waals surface area contributed by atoms with E-state index in [0.29, 0.717) is 18.5 Å². The number of fused-ring (bicyclic) bond motifs is 1. The van der Waals surface area contributed by atoms with Gasteiger partial charge in [0.05, 0.1) is 0 Å². The van der Waals surface area contributed by atoms with Gasteiger partial charge in [-0.1, -0.05) is 12.1 Å². The van der Waals surface area contributed by atoms with E-state index in [1.807, 2.05) is 6.07 Å². The largest absolute Gasteiger partial charge is 0.406 e. The monoisotopic (exact) mass is 242 g/mol. The van der Waals surface area contributed by atoms with Crippen molar-refractivity contribution >= 4 is 10.9 Å². The quantitative estimate of drug-likeness (QED) is 0.881. The van der Waals surface area contributed by atoms with Gasteiger partial charge in [0.15, 0.2) is 0 Å². The Labute approximate surface area is 96.8 Å². The Hall–Kier alpha value is -1.49. The Bertz CT molecular complexity index is 514. The molecule has 5 heteroatoms. The van der Waals surface area contributed by atoms with Gasteiger partial charge in [-0.2, -0.15) is 13.2 Å². The van der Waals surface area contributed by atoms with Gasteiger partial charge >= 0.3 is 6.18 Å². The third-order valence-electron chi connectivity index (χ3n) is 2.67. The summed E-state index contributed by atoms with van der Waals surface area (Å²) in [5.74, 6) is 0. The number of rotatable bonds is 3. The number of hydrogen-bond acceptors (Lipinski definition) is 1. The average Bonchev–Trinajstić information content (AvgIpc) is 2.61. The van der Waals surface area contributed by atoms with Crippen LogP contribution < -0.4 is 5.73 Å². The van der Waals surface area contributed by atoms with Crippen molar-refractivity contribution in [3.05, 3.63) is 36.0 Å². The van der Waals surface area contributed by atoms with Gasteiger partial charge in [-0.05, 0) is 30.7 Å². The van der Waals surface area contributed by atoms with E-state index in [2.05, 4.69) is 0 Å². The molecule has 0 aliphatic rings. The van der Waals surface area contributed by atoms with Crippen LogP contribution in [0, 0.1) is 0 Å². The summed E-state index contributed by atoms with van der Waals surface area (Å²) < 4.78 is 38.3. The highest BCUT2D eigenvalue weighted by Crippen LogP contribution is 2.24. The normalized spacial score (nSPS) is 12.2. The second kappa shape index (κ2) is 4.41. The van der Waals surface area contributed by atoms with Gasteiger partial charge in [0, 0.05) is 17.1 Å². The first-order valence-corrected chi connectivity index (χ1v) is 5.35. The molecule has 2 nitrogen and oxygen atoms in total. The molecular formula is C12H13F3N2. The lowest BCUT2D eigenvalue weighted by Crippen LogP contribution is -2.16. The number of nitrogens with zero attached hydrogens (tertiary/aromatic N) is 1. The summed E-state index contributed by atoms with van der Waals surface area (Å²) in [6, 6.07) is 7.07. The maximum atomic E-state index is 12.4. The second-order valence-corrected chi connectivity index (χ2v) is 3.95. The molecule has 0 radical (unpaired) electrons. The van der Waals surface area contributed by atoms with Crippen LogP contribution in [0.25, 0.3) is 10.9 Å². The summed E-state index contributed by atoms with van der Waals surface area (Å²) in [5.41, 5.74) is 7.07. The van der Waals surface area contributed by atoms with Gasteiger partial charge in [0.2, 0.25) is 0 Å². The molecule has 0 amide bonds. The van der Waals surface area contributed by atoms with Gasteiger partial charge in [0.25, 0.3) is 0 Å². The molecule has 2 rings (SSSR count). The summed E-state index contributed by atoms with van der Waals surface area (Å²) in [7, 11) is 0. The summed E-state index contributed by atoms with van der Waals surface area (Å²) in [6.07, 6.45) is -2.05. The molecule has 17 heavy (non-hydrogen) atoms. The SMILES string of the molecule is NCCc1cccc2c1ccn2CC(F)(F)F. The number of nitrogens with two attached hydrogens (primary N) is 1. The lowest BCUT2D eigenvalue weighted by molar-refractivity contribution is -0.139. The summed E-state index contributed by atoms with van der Waals surface area (Å²) in [5, 5.41) is 0.849. The first-order valence-electron chi connectivity index (χ1n) is 5.35. The molecule has 0 aliphatic heterocycles. The van der Waals surface area contributed by atoms with E-state index < -0.39 is 12.7 Å². The van der Waals surface area contributed by atoms with Gasteiger partial charge in [-0.15, -0.1) is 0 Å². The Morgan fingerprint density at radius 1 is 1.18 bits per heavy atom. The standard InChI is InChI=1S/C12H13F3N2/c13-12(14,15)8-17-7-5-10-9(4-6-16)2-1-3-11(10)17/h1-3,5,7H,4,6,8,16H2. The van der Waals surface area contributed by atoms with Gasteiger partial charge in [-0.3, -0.25) is 0 Å². The summed E-state index contributed by atoms with van der Waals surface area (Å²) in [4.78, 5) is 0. The minimum Gasteiger partial charge on any atom is -0.338 e. The smallest absolute Gasteiger partial charge is 0.338 e. The van der Waals surface area contributed by atoms with Gasteiger partial charge in [0.1, 0.15) is 6.54 Å². The first kappa shape index (κ1) is 12.0. The van der Waals surface area contributed by atoms with Crippen molar-refractivity contribution in [3.8, 4) is 0 Å². The summed E-state index contributed by atoms with van der Waals surface area (Å²) in [6.45, 7) is -0.466. The van der Waals surface area contributed by atoms with Crippen molar-refractivity contribution in [3.63, 3.8) is 0 Å². The number of alkyl halides is 3. The van der Waals surface area contributed by atoms with Crippen LogP contribution in [0.2, 0.25) is 0 Å². The molecule has 2 aromatic rings. The average molecular weight is 242 g/mol. The number of hydrogen-bond donors (Lipinski definition) is 1. The predicted octanol–water partition coefficient (Wildman–Crippen LogP) is 2.70. The Kier molecular flexibility index (Phi) is 3.11. The fourth-order valence-corrected chi connectivity index (χ4v) is 1.99. The molecule has 0 spiro atoms. The lowest BCUT2D eigenvalue weighted by atomic mass is 10.1. The van der Waals surface area contributed by atoms with E-state index in [-0.39, 0.29) is 0 Å². The fourth-order valence-electron chi connectivity index (χ4n) is 1.99. The molecule has 1 heterocycles. The van der Waals surface area contributed by atoms with Crippen molar-refractivity contribution < 1.29 is 13.2 Å². The zero-order chi connectivity index (χ0) is 12.5. The van der Waals surface area contributed by atoms with E-state index in [4.69, 9.17) is 5.73 Å². The van der Waals surface area contributed by atoms with Crippen LogP contribution in [0.15, 0.2) is 30.5 Å². The van der Waals surface area contributed by atoms with Crippen LogP contribution in [0.1, 0.15) is 5.56 Å². The van der Waals surface area contributed by atoms with Crippen LogP contribution >= 0.6 is 0 Å². The van der Waals surface area contributed by atoms with Crippen molar-refractivity contribution in [2.24, 2.45) is 5.73 Å². The highest BCUT2D eigenvalue weighted by atomic mass is 19.4. The molecule has 0 bridgehead atoms. The second-order valence-electron chi connectivity index (χ2n) is 3.95. The molecule has 1 aromatic carbocycles. The Balaban J connectivity index is 2.44. The highest BCUT2D eigenvalue weighted by molar-refractivity contribution is 5.83. The van der Waals surface area contributed by atoms with Crippen molar-refractivity contribution in [1.82, 2.24) is 4.57 Å². The molecule has 0 fully saturated rings. The van der Waals surface area contributed by atoms with Crippen molar-refractivity contribution in [1.29, 1.82) is 0 Å². The third-order valence-corrected chi connectivity index (χ3v) is 2.67. The molecule has 2 N–H and O–H groups in total. The minimum atomic E-state index is -4.20. The lowest BCUT2D eigenvalue weighted by Gasteiger charge is -2.09. The van der Waals surface area contributed by atoms with Crippen LogP contribution in [0.3, 0.4) is 0 Å². The predicted molar refractivity (Wildman–Crippen MR) is 60.8 cm³/mol. The van der Waals surface area contributed by atoms with Gasteiger partial charge in [-0.25, -0.2) is 0 Å². The van der Waals surface area contributed by atoms with Crippen molar-refractivity contribution in [2.45, 2.75) is 19.1 Å². The highest BCUT2D eigenvalue weighted by Gasteiger charge is 2.28. The zero-order valence-corrected chi connectivity index (χ0v) is 9.17. The topological polar surface area (TPSA) is 30.9 Å². The number of halogens is 3. The summed E-state index contributed by atoms with van der Waals surface area (Å²) >= 11 is 0. The minimum absolute atomic E-state index is 0.490. The van der Waals surface area contributed by atoms with Crippen molar-refractivity contribution in [2.75, 3.05) is 6.54 Å². The van der Waals surface area contributed by atoms with Crippen LogP contribution in [-0.4, -0.2) is 17.3 Å². The maximum absolute atomic E-state index is 12.4. The van der Waals surface area contributed by atoms with E-state index >= 15 is 0 Å². The third kappa shape index (κ3) is 2.61. The van der Waals surface area contributed by atoms with E-state index in [9.17, 15) is 13.2 Å². The molecule has 0 unspecified atom stereocenters. The molecular weight excluding hydrogens is 229 g/mol. The van der Waals surface area contributed by atoms with E-state index in [0.717, 1.165) is 10.9 Å². The first-order chi connectivity index (χ1) is 8.01. The molecule has 0 atom stereocenters. The molecule has 0 saturated heterocycles. The van der Waals surface area contributed by atoms with E-state index in [1.165, 1.54) is 10.8 Å². The molecule has 1 aromatic heterocycles. The van der Waals surface area contributed by atoms with Crippen LogP contribution in [0.4, 0.5) is 13.2 Å². The van der Waals surface area contributed by atoms with E-state index in [1.54, 1.807) is 18.2 Å². The maximum Gasteiger partial charge on any atom is 0.406 e. The zero-order valence-electron chi connectivity index (χ0n) is 9.17.